The third kappa shape index (κ3) is 1.58. The van der Waals surface area contributed by atoms with Crippen LogP contribution < -0.4 is 0 Å². The fourth-order valence-electron chi connectivity index (χ4n) is 1.87. The van der Waals surface area contributed by atoms with Gasteiger partial charge in [0, 0.05) is 12.5 Å². The van der Waals surface area contributed by atoms with Gasteiger partial charge in [0.05, 0.1) is 6.10 Å². The van der Waals surface area contributed by atoms with Crippen molar-refractivity contribution in [3.63, 3.8) is 0 Å². The topological polar surface area (TPSA) is 50.8 Å². The van der Waals surface area contributed by atoms with Crippen LogP contribution in [-0.2, 0) is 4.74 Å². The van der Waals surface area contributed by atoms with Gasteiger partial charge in [-0.2, -0.15) is 5.10 Å². The minimum atomic E-state index is 0.315. The van der Waals surface area contributed by atoms with Crippen LogP contribution in [0.25, 0.3) is 0 Å². The van der Waals surface area contributed by atoms with Gasteiger partial charge in [-0.05, 0) is 19.8 Å². The molecule has 0 spiro atoms. The minimum absolute atomic E-state index is 0.315. The molecule has 1 aliphatic rings. The molecule has 0 aromatic carbocycles. The molecule has 1 aromatic rings. The van der Waals surface area contributed by atoms with Crippen molar-refractivity contribution in [1.29, 1.82) is 0 Å². The van der Waals surface area contributed by atoms with Crippen molar-refractivity contribution in [3.05, 3.63) is 11.6 Å². The average Bonchev–Trinajstić information content (AvgIpc) is 2.71. The normalized spacial score (nSPS) is 28.2. The van der Waals surface area contributed by atoms with Gasteiger partial charge in [-0.1, -0.05) is 6.92 Å². The predicted molar refractivity (Wildman–Crippen MR) is 48.5 cm³/mol. The van der Waals surface area contributed by atoms with Gasteiger partial charge in [0.2, 0.25) is 0 Å². The summed E-state index contributed by atoms with van der Waals surface area (Å²) < 4.78 is 5.58. The van der Waals surface area contributed by atoms with Gasteiger partial charge in [0.1, 0.15) is 5.82 Å². The largest absolute Gasteiger partial charge is 0.377 e. The summed E-state index contributed by atoms with van der Waals surface area (Å²) in [6.45, 7) is 4.91. The first-order valence-corrected chi connectivity index (χ1v) is 4.81. The van der Waals surface area contributed by atoms with Crippen LogP contribution in [0.1, 0.15) is 37.3 Å². The Bertz CT molecular complexity index is 284. The van der Waals surface area contributed by atoms with Crippen LogP contribution in [0, 0.1) is 6.92 Å². The molecule has 1 aliphatic heterocycles. The van der Waals surface area contributed by atoms with Crippen LogP contribution in [0.5, 0.6) is 0 Å². The summed E-state index contributed by atoms with van der Waals surface area (Å²) in [6.07, 6.45) is 2.41. The molecule has 0 saturated carbocycles. The minimum Gasteiger partial charge on any atom is -0.377 e. The number of H-pyrrole nitrogens is 1. The molecule has 2 atom stereocenters. The van der Waals surface area contributed by atoms with Gasteiger partial charge >= 0.3 is 0 Å². The maximum atomic E-state index is 5.58. The highest BCUT2D eigenvalue weighted by Crippen LogP contribution is 2.30. The molecule has 0 aliphatic carbocycles. The predicted octanol–water partition coefficient (Wildman–Crippen LogP) is 1.40. The first-order valence-electron chi connectivity index (χ1n) is 4.81. The van der Waals surface area contributed by atoms with Gasteiger partial charge in [0.25, 0.3) is 0 Å². The van der Waals surface area contributed by atoms with E-state index in [0.29, 0.717) is 12.0 Å². The van der Waals surface area contributed by atoms with E-state index in [1.54, 1.807) is 0 Å². The molecule has 1 N–H and O–H groups in total. The van der Waals surface area contributed by atoms with Crippen molar-refractivity contribution in [2.24, 2.45) is 0 Å². The molecule has 13 heavy (non-hydrogen) atoms. The van der Waals surface area contributed by atoms with Gasteiger partial charge in [-0.3, -0.25) is 5.10 Å². The Balaban J connectivity index is 2.15. The second-order valence-corrected chi connectivity index (χ2v) is 3.49. The number of hydrogen-bond acceptors (Lipinski definition) is 3. The molecule has 2 unspecified atom stereocenters. The van der Waals surface area contributed by atoms with E-state index in [-0.39, 0.29) is 0 Å². The SMILES string of the molecule is CCC1OCCC1c1n[nH]c(C)n1. The lowest BCUT2D eigenvalue weighted by Gasteiger charge is -2.12. The van der Waals surface area contributed by atoms with E-state index in [1.165, 1.54) is 0 Å². The quantitative estimate of drug-likeness (QED) is 0.750. The van der Waals surface area contributed by atoms with Crippen molar-refractivity contribution >= 4 is 0 Å². The Morgan fingerprint density at radius 3 is 3.08 bits per heavy atom. The van der Waals surface area contributed by atoms with E-state index >= 15 is 0 Å². The highest BCUT2D eigenvalue weighted by atomic mass is 16.5. The first kappa shape index (κ1) is 8.69. The van der Waals surface area contributed by atoms with Crippen LogP contribution >= 0.6 is 0 Å². The molecule has 1 aromatic heterocycles. The lowest BCUT2D eigenvalue weighted by atomic mass is 9.99. The number of aromatic amines is 1. The highest BCUT2D eigenvalue weighted by molar-refractivity contribution is 5.02. The number of aromatic nitrogens is 3. The molecule has 2 rings (SSSR count). The Labute approximate surface area is 77.7 Å². The van der Waals surface area contributed by atoms with E-state index in [4.69, 9.17) is 4.74 Å². The summed E-state index contributed by atoms with van der Waals surface area (Å²) in [4.78, 5) is 4.34. The fraction of sp³-hybridized carbons (Fsp3) is 0.778. The number of nitrogens with one attached hydrogen (secondary N) is 1. The van der Waals surface area contributed by atoms with E-state index in [1.807, 2.05) is 6.92 Å². The van der Waals surface area contributed by atoms with E-state index in [0.717, 1.165) is 31.1 Å². The van der Waals surface area contributed by atoms with Crippen LogP contribution in [-0.4, -0.2) is 27.9 Å². The number of ether oxygens (including phenoxy) is 1. The monoisotopic (exact) mass is 181 g/mol. The number of aryl methyl sites for hydroxylation is 1. The van der Waals surface area contributed by atoms with Crippen LogP contribution in [0.15, 0.2) is 0 Å². The van der Waals surface area contributed by atoms with Gasteiger partial charge in [-0.15, -0.1) is 0 Å². The van der Waals surface area contributed by atoms with Crippen LogP contribution in [0.2, 0.25) is 0 Å². The summed E-state index contributed by atoms with van der Waals surface area (Å²) in [5, 5.41) is 7.05. The molecule has 0 bridgehead atoms. The van der Waals surface area contributed by atoms with Gasteiger partial charge in [0.15, 0.2) is 5.82 Å². The van der Waals surface area contributed by atoms with Gasteiger partial charge in [-0.25, -0.2) is 4.98 Å². The van der Waals surface area contributed by atoms with Crippen LogP contribution in [0.3, 0.4) is 0 Å². The first-order chi connectivity index (χ1) is 6.31. The fourth-order valence-corrected chi connectivity index (χ4v) is 1.87. The summed E-state index contributed by atoms with van der Waals surface area (Å²) >= 11 is 0. The van der Waals surface area contributed by atoms with Crippen molar-refractivity contribution < 1.29 is 4.74 Å². The van der Waals surface area contributed by atoms with E-state index < -0.39 is 0 Å². The zero-order valence-electron chi connectivity index (χ0n) is 8.08. The summed E-state index contributed by atoms with van der Waals surface area (Å²) in [5.74, 6) is 2.20. The molecule has 0 amide bonds. The second kappa shape index (κ2) is 3.46. The third-order valence-electron chi connectivity index (χ3n) is 2.56. The summed E-state index contributed by atoms with van der Waals surface area (Å²) in [6, 6.07) is 0. The molecule has 1 fully saturated rings. The third-order valence-corrected chi connectivity index (χ3v) is 2.56. The highest BCUT2D eigenvalue weighted by Gasteiger charge is 2.30. The maximum absolute atomic E-state index is 5.58. The summed E-state index contributed by atoms with van der Waals surface area (Å²) in [5.41, 5.74) is 0. The van der Waals surface area contributed by atoms with E-state index in [2.05, 4.69) is 22.1 Å². The smallest absolute Gasteiger partial charge is 0.156 e. The van der Waals surface area contributed by atoms with Crippen molar-refractivity contribution in [2.75, 3.05) is 6.61 Å². The zero-order chi connectivity index (χ0) is 9.26. The Morgan fingerprint density at radius 2 is 2.46 bits per heavy atom. The lowest BCUT2D eigenvalue weighted by Crippen LogP contribution is -2.14. The van der Waals surface area contributed by atoms with Crippen molar-refractivity contribution in [3.8, 4) is 0 Å². The number of hydrogen-bond donors (Lipinski definition) is 1. The standard InChI is InChI=1S/C9H15N3O/c1-3-8-7(4-5-13-8)9-10-6(2)11-12-9/h7-8H,3-5H2,1-2H3,(H,10,11,12). The Hall–Kier alpha value is -0.900. The van der Waals surface area contributed by atoms with Crippen LogP contribution in [0.4, 0.5) is 0 Å². The average molecular weight is 181 g/mol. The molecule has 0 radical (unpaired) electrons. The zero-order valence-corrected chi connectivity index (χ0v) is 8.08. The molecular formula is C9H15N3O. The molecule has 2 heterocycles. The Morgan fingerprint density at radius 1 is 1.62 bits per heavy atom. The molecule has 72 valence electrons. The van der Waals surface area contributed by atoms with E-state index in [9.17, 15) is 0 Å². The molecule has 1 saturated heterocycles. The number of nitrogens with zero attached hydrogens (tertiary/aromatic N) is 2. The second-order valence-electron chi connectivity index (χ2n) is 3.49. The molecule has 4 nitrogen and oxygen atoms in total. The number of rotatable bonds is 2. The maximum Gasteiger partial charge on any atom is 0.156 e. The van der Waals surface area contributed by atoms with Crippen molar-refractivity contribution in [1.82, 2.24) is 15.2 Å². The van der Waals surface area contributed by atoms with Gasteiger partial charge < -0.3 is 4.74 Å². The molecular weight excluding hydrogens is 166 g/mol. The summed E-state index contributed by atoms with van der Waals surface area (Å²) in [7, 11) is 0. The lowest BCUT2D eigenvalue weighted by molar-refractivity contribution is 0.0994. The van der Waals surface area contributed by atoms with Crippen molar-refractivity contribution in [2.45, 2.75) is 38.7 Å². The molecule has 4 heteroatoms. The Kier molecular flexibility index (Phi) is 2.31.